The van der Waals surface area contributed by atoms with Gasteiger partial charge < -0.3 is 16.0 Å². The van der Waals surface area contributed by atoms with Crippen LogP contribution in [0.2, 0.25) is 5.02 Å². The monoisotopic (exact) mass is 359 g/mol. The van der Waals surface area contributed by atoms with E-state index in [1.54, 1.807) is 37.3 Å². The molecular formula is C18H15ClFN3O2. The first-order valence-corrected chi connectivity index (χ1v) is 7.93. The molecule has 1 unspecified atom stereocenters. The molecule has 0 saturated carbocycles. The van der Waals surface area contributed by atoms with E-state index in [4.69, 9.17) is 11.6 Å². The number of hydrogen-bond donors (Lipinski definition) is 3. The number of hydrogen-bond acceptors (Lipinski definition) is 2. The predicted molar refractivity (Wildman–Crippen MR) is 93.6 cm³/mol. The molecule has 25 heavy (non-hydrogen) atoms. The number of allylic oxidation sites excluding steroid dienone is 1. The van der Waals surface area contributed by atoms with Crippen molar-refractivity contribution in [3.8, 4) is 0 Å². The Morgan fingerprint density at radius 2 is 1.84 bits per heavy atom. The number of carbonyl (C=O) groups is 2. The number of carbonyl (C=O) groups excluding carboxylic acids is 2. The number of nitrogens with one attached hydrogen (secondary N) is 3. The van der Waals surface area contributed by atoms with Gasteiger partial charge in [0.2, 0.25) is 0 Å². The van der Waals surface area contributed by atoms with Gasteiger partial charge in [0, 0.05) is 10.7 Å². The fourth-order valence-corrected chi connectivity index (χ4v) is 2.78. The molecule has 1 heterocycles. The molecule has 1 atom stereocenters. The molecule has 0 aromatic heterocycles. The number of rotatable bonds is 3. The fraction of sp³-hybridized carbons (Fsp3) is 0.111. The van der Waals surface area contributed by atoms with Crippen LogP contribution in [0.4, 0.5) is 14.9 Å². The molecule has 0 bridgehead atoms. The lowest BCUT2D eigenvalue weighted by atomic mass is 9.95. The van der Waals surface area contributed by atoms with Crippen LogP contribution in [0.5, 0.6) is 0 Å². The molecule has 2 aromatic rings. The molecule has 0 spiro atoms. The van der Waals surface area contributed by atoms with Crippen molar-refractivity contribution in [3.05, 3.63) is 76.2 Å². The maximum atomic E-state index is 13.8. The summed E-state index contributed by atoms with van der Waals surface area (Å²) >= 11 is 5.90. The van der Waals surface area contributed by atoms with E-state index in [2.05, 4.69) is 16.0 Å². The molecule has 0 fully saturated rings. The molecule has 0 saturated heterocycles. The highest BCUT2D eigenvalue weighted by molar-refractivity contribution is 6.30. The van der Waals surface area contributed by atoms with E-state index >= 15 is 0 Å². The Morgan fingerprint density at radius 1 is 1.16 bits per heavy atom. The van der Waals surface area contributed by atoms with E-state index in [-0.39, 0.29) is 5.69 Å². The first-order valence-electron chi connectivity index (χ1n) is 7.55. The molecule has 1 aliphatic heterocycles. The number of urea groups is 1. The van der Waals surface area contributed by atoms with Crippen LogP contribution in [0.1, 0.15) is 18.5 Å². The highest BCUT2D eigenvalue weighted by atomic mass is 35.5. The van der Waals surface area contributed by atoms with Crippen LogP contribution in [0, 0.1) is 5.82 Å². The van der Waals surface area contributed by atoms with Crippen molar-refractivity contribution in [2.75, 3.05) is 5.32 Å². The number of para-hydroxylation sites is 1. The molecular weight excluding hydrogens is 345 g/mol. The first-order chi connectivity index (χ1) is 12.0. The van der Waals surface area contributed by atoms with Gasteiger partial charge in [0.25, 0.3) is 5.91 Å². The Labute approximate surface area is 148 Å². The molecule has 3 amide bonds. The Bertz CT molecular complexity index is 865. The molecule has 3 rings (SSSR count). The number of benzene rings is 2. The minimum Gasteiger partial charge on any atom is -0.327 e. The summed E-state index contributed by atoms with van der Waals surface area (Å²) in [5.74, 6) is -1.04. The average molecular weight is 360 g/mol. The topological polar surface area (TPSA) is 70.2 Å². The summed E-state index contributed by atoms with van der Waals surface area (Å²) in [7, 11) is 0. The average Bonchev–Trinajstić information content (AvgIpc) is 2.57. The lowest BCUT2D eigenvalue weighted by Gasteiger charge is -2.28. The molecule has 1 aliphatic rings. The highest BCUT2D eigenvalue weighted by Gasteiger charge is 2.31. The third kappa shape index (κ3) is 3.64. The van der Waals surface area contributed by atoms with Crippen LogP contribution in [0.3, 0.4) is 0 Å². The van der Waals surface area contributed by atoms with Crippen molar-refractivity contribution in [1.82, 2.24) is 10.6 Å². The van der Waals surface area contributed by atoms with Crippen LogP contribution in [-0.2, 0) is 4.79 Å². The Morgan fingerprint density at radius 3 is 2.52 bits per heavy atom. The van der Waals surface area contributed by atoms with Crippen molar-refractivity contribution in [2.24, 2.45) is 0 Å². The third-order valence-corrected chi connectivity index (χ3v) is 4.09. The van der Waals surface area contributed by atoms with Gasteiger partial charge in [0.15, 0.2) is 0 Å². The van der Waals surface area contributed by atoms with E-state index in [9.17, 15) is 14.0 Å². The van der Waals surface area contributed by atoms with Gasteiger partial charge in [-0.25, -0.2) is 9.18 Å². The zero-order valence-corrected chi connectivity index (χ0v) is 14.0. The van der Waals surface area contributed by atoms with Crippen LogP contribution < -0.4 is 16.0 Å². The molecule has 7 heteroatoms. The van der Waals surface area contributed by atoms with Crippen molar-refractivity contribution in [3.63, 3.8) is 0 Å². The highest BCUT2D eigenvalue weighted by Crippen LogP contribution is 2.28. The third-order valence-electron chi connectivity index (χ3n) is 3.84. The molecule has 3 N–H and O–H groups in total. The quantitative estimate of drug-likeness (QED) is 0.781. The van der Waals surface area contributed by atoms with Crippen LogP contribution >= 0.6 is 11.6 Å². The lowest BCUT2D eigenvalue weighted by Crippen LogP contribution is -2.46. The lowest BCUT2D eigenvalue weighted by molar-refractivity contribution is -0.113. The smallest absolute Gasteiger partial charge is 0.319 e. The Kier molecular flexibility index (Phi) is 4.72. The second-order valence-corrected chi connectivity index (χ2v) is 5.99. The predicted octanol–water partition coefficient (Wildman–Crippen LogP) is 3.75. The van der Waals surface area contributed by atoms with Gasteiger partial charge in [0.1, 0.15) is 5.82 Å². The first kappa shape index (κ1) is 17.0. The van der Waals surface area contributed by atoms with E-state index in [0.29, 0.717) is 21.9 Å². The van der Waals surface area contributed by atoms with E-state index < -0.39 is 23.8 Å². The standard InChI is InChI=1S/C18H15ClFN3O2/c1-10-15(17(24)22-14-5-3-2-4-13(14)20)16(23-18(25)21-10)11-6-8-12(19)9-7-11/h2-9,16H,1H3,(H,22,24)(H2,21,23,25). The summed E-state index contributed by atoms with van der Waals surface area (Å²) in [6.07, 6.45) is 0. The summed E-state index contributed by atoms with van der Waals surface area (Å²) in [6, 6.07) is 11.6. The van der Waals surface area contributed by atoms with Crippen LogP contribution in [0.15, 0.2) is 59.8 Å². The van der Waals surface area contributed by atoms with Crippen molar-refractivity contribution >= 4 is 29.2 Å². The number of amides is 3. The molecule has 0 aliphatic carbocycles. The normalized spacial score (nSPS) is 16.9. The SMILES string of the molecule is CC1=C(C(=O)Nc2ccccc2F)C(c2ccc(Cl)cc2)NC(=O)N1. The van der Waals surface area contributed by atoms with E-state index in [0.717, 1.165) is 0 Å². The maximum Gasteiger partial charge on any atom is 0.319 e. The minimum absolute atomic E-state index is 0.0690. The van der Waals surface area contributed by atoms with Gasteiger partial charge in [0.05, 0.1) is 17.3 Å². The van der Waals surface area contributed by atoms with Gasteiger partial charge in [-0.3, -0.25) is 4.79 Å². The number of anilines is 1. The van der Waals surface area contributed by atoms with Gasteiger partial charge in [-0.05, 0) is 36.8 Å². The largest absolute Gasteiger partial charge is 0.327 e. The van der Waals surface area contributed by atoms with Crippen molar-refractivity contribution < 1.29 is 14.0 Å². The molecule has 2 aromatic carbocycles. The van der Waals surface area contributed by atoms with Gasteiger partial charge in [-0.2, -0.15) is 0 Å². The minimum atomic E-state index is -0.669. The maximum absolute atomic E-state index is 13.8. The zero-order valence-electron chi connectivity index (χ0n) is 13.3. The van der Waals surface area contributed by atoms with Crippen molar-refractivity contribution in [2.45, 2.75) is 13.0 Å². The second-order valence-electron chi connectivity index (χ2n) is 5.56. The summed E-state index contributed by atoms with van der Waals surface area (Å²) in [4.78, 5) is 24.6. The van der Waals surface area contributed by atoms with E-state index in [1.165, 1.54) is 18.2 Å². The second kappa shape index (κ2) is 6.94. The van der Waals surface area contributed by atoms with Gasteiger partial charge >= 0.3 is 6.03 Å². The summed E-state index contributed by atoms with van der Waals surface area (Å²) in [5, 5.41) is 8.37. The van der Waals surface area contributed by atoms with Crippen LogP contribution in [-0.4, -0.2) is 11.9 Å². The van der Waals surface area contributed by atoms with Crippen LogP contribution in [0.25, 0.3) is 0 Å². The Hall–Kier alpha value is -2.86. The van der Waals surface area contributed by atoms with E-state index in [1.807, 2.05) is 0 Å². The van der Waals surface area contributed by atoms with Gasteiger partial charge in [-0.1, -0.05) is 35.9 Å². The summed E-state index contributed by atoms with van der Waals surface area (Å²) in [5.41, 5.74) is 1.46. The summed E-state index contributed by atoms with van der Waals surface area (Å²) < 4.78 is 13.8. The fourth-order valence-electron chi connectivity index (χ4n) is 2.65. The number of halogens is 2. The molecule has 5 nitrogen and oxygen atoms in total. The molecule has 128 valence electrons. The molecule has 0 radical (unpaired) electrons. The zero-order chi connectivity index (χ0) is 18.0. The Balaban J connectivity index is 1.96. The van der Waals surface area contributed by atoms with Gasteiger partial charge in [-0.15, -0.1) is 0 Å². The summed E-state index contributed by atoms with van der Waals surface area (Å²) in [6.45, 7) is 1.62. The van der Waals surface area contributed by atoms with Crippen molar-refractivity contribution in [1.29, 1.82) is 0 Å².